The lowest BCUT2D eigenvalue weighted by Gasteiger charge is -2.18. The minimum atomic E-state index is -0.127. The molecular weight excluding hydrogens is 250 g/mol. The lowest BCUT2D eigenvalue weighted by atomic mass is 9.95. The fourth-order valence-corrected chi connectivity index (χ4v) is 2.54. The minimum absolute atomic E-state index is 0.00241. The van der Waals surface area contributed by atoms with Crippen molar-refractivity contribution in [3.05, 3.63) is 28.8 Å². The summed E-state index contributed by atoms with van der Waals surface area (Å²) in [6.45, 7) is 5.88. The Morgan fingerprint density at radius 3 is 2.83 bits per heavy atom. The highest BCUT2D eigenvalue weighted by Crippen LogP contribution is 2.28. The first-order chi connectivity index (χ1) is 8.49. The molecule has 1 amide bonds. The largest absolute Gasteiger partial charge is 0.507 e. The molecule has 1 aliphatic heterocycles. The second-order valence-electron chi connectivity index (χ2n) is 5.21. The Morgan fingerprint density at radius 2 is 2.22 bits per heavy atom. The van der Waals surface area contributed by atoms with E-state index in [9.17, 15) is 9.90 Å². The van der Waals surface area contributed by atoms with Crippen LogP contribution in [0.1, 0.15) is 30.6 Å². The molecule has 0 bridgehead atoms. The minimum Gasteiger partial charge on any atom is -0.507 e. The fraction of sp³-hybridized carbons (Fsp3) is 0.500. The monoisotopic (exact) mass is 267 g/mol. The Hall–Kier alpha value is -1.22. The number of hydrogen-bond acceptors (Lipinski definition) is 2. The topological polar surface area (TPSA) is 40.5 Å². The molecule has 0 spiro atoms. The van der Waals surface area contributed by atoms with Crippen molar-refractivity contribution in [1.29, 1.82) is 0 Å². The molecule has 1 heterocycles. The molecule has 4 heteroatoms. The highest BCUT2D eigenvalue weighted by molar-refractivity contribution is 6.31. The number of nitrogens with zero attached hydrogens (tertiary/aromatic N) is 1. The predicted octanol–water partition coefficient (Wildman–Crippen LogP) is 3.16. The SMILES string of the molecule is CC(C)C1CCN(C(=O)c2cc(Cl)ccc2O)C1. The van der Waals surface area contributed by atoms with E-state index < -0.39 is 0 Å². The van der Waals surface area contributed by atoms with Crippen molar-refractivity contribution in [2.75, 3.05) is 13.1 Å². The van der Waals surface area contributed by atoms with Crippen LogP contribution in [0.4, 0.5) is 0 Å². The van der Waals surface area contributed by atoms with Gasteiger partial charge in [0, 0.05) is 18.1 Å². The van der Waals surface area contributed by atoms with E-state index in [4.69, 9.17) is 11.6 Å². The van der Waals surface area contributed by atoms with E-state index in [0.717, 1.165) is 19.5 Å². The maximum atomic E-state index is 12.3. The summed E-state index contributed by atoms with van der Waals surface area (Å²) in [5.74, 6) is 1.00. The van der Waals surface area contributed by atoms with Crippen LogP contribution in [0.5, 0.6) is 5.75 Å². The van der Waals surface area contributed by atoms with E-state index >= 15 is 0 Å². The van der Waals surface area contributed by atoms with E-state index in [-0.39, 0.29) is 11.7 Å². The summed E-state index contributed by atoms with van der Waals surface area (Å²) >= 11 is 5.86. The number of hydrogen-bond donors (Lipinski definition) is 1. The number of carbonyl (C=O) groups is 1. The highest BCUT2D eigenvalue weighted by Gasteiger charge is 2.29. The summed E-state index contributed by atoms with van der Waals surface area (Å²) in [5, 5.41) is 10.2. The lowest BCUT2D eigenvalue weighted by Crippen LogP contribution is -2.29. The average Bonchev–Trinajstić information content (AvgIpc) is 2.81. The number of aromatic hydroxyl groups is 1. The van der Waals surface area contributed by atoms with Crippen molar-refractivity contribution in [2.45, 2.75) is 20.3 Å². The van der Waals surface area contributed by atoms with Crippen LogP contribution in [0.2, 0.25) is 5.02 Å². The molecule has 1 fully saturated rings. The molecule has 0 aromatic heterocycles. The van der Waals surface area contributed by atoms with Gasteiger partial charge in [0.25, 0.3) is 5.91 Å². The third kappa shape index (κ3) is 2.61. The first-order valence-corrected chi connectivity index (χ1v) is 6.64. The Morgan fingerprint density at radius 1 is 1.50 bits per heavy atom. The van der Waals surface area contributed by atoms with E-state index in [1.165, 1.54) is 12.1 Å². The van der Waals surface area contributed by atoms with Gasteiger partial charge in [-0.2, -0.15) is 0 Å². The molecule has 1 aromatic rings. The normalized spacial score (nSPS) is 19.6. The second kappa shape index (κ2) is 5.19. The van der Waals surface area contributed by atoms with Gasteiger partial charge in [0.05, 0.1) is 5.56 Å². The standard InChI is InChI=1S/C14H18ClNO2/c1-9(2)10-5-6-16(8-10)14(18)12-7-11(15)3-4-13(12)17/h3-4,7,9-10,17H,5-6,8H2,1-2H3. The van der Waals surface area contributed by atoms with Crippen LogP contribution in [0.25, 0.3) is 0 Å². The van der Waals surface area contributed by atoms with Gasteiger partial charge in [-0.25, -0.2) is 0 Å². The van der Waals surface area contributed by atoms with Gasteiger partial charge >= 0.3 is 0 Å². The van der Waals surface area contributed by atoms with Gasteiger partial charge in [-0.3, -0.25) is 4.79 Å². The van der Waals surface area contributed by atoms with Crippen molar-refractivity contribution in [3.63, 3.8) is 0 Å². The van der Waals surface area contributed by atoms with Crippen molar-refractivity contribution >= 4 is 17.5 Å². The average molecular weight is 268 g/mol. The van der Waals surface area contributed by atoms with E-state index in [0.29, 0.717) is 22.4 Å². The Kier molecular flexibility index (Phi) is 3.81. The summed E-state index contributed by atoms with van der Waals surface area (Å²) < 4.78 is 0. The van der Waals surface area contributed by atoms with Crippen LogP contribution in [0.3, 0.4) is 0 Å². The molecule has 1 aromatic carbocycles. The number of phenolic OH excluding ortho intramolecular Hbond substituents is 1. The van der Waals surface area contributed by atoms with E-state index in [1.54, 1.807) is 11.0 Å². The summed E-state index contributed by atoms with van der Waals surface area (Å²) in [5.41, 5.74) is 0.298. The number of amides is 1. The highest BCUT2D eigenvalue weighted by atomic mass is 35.5. The first-order valence-electron chi connectivity index (χ1n) is 6.27. The maximum Gasteiger partial charge on any atom is 0.257 e. The summed E-state index contributed by atoms with van der Waals surface area (Å²) in [6, 6.07) is 4.57. The predicted molar refractivity (Wildman–Crippen MR) is 72.0 cm³/mol. The molecule has 1 aliphatic rings. The van der Waals surface area contributed by atoms with Crippen LogP contribution in [0, 0.1) is 11.8 Å². The molecule has 0 saturated carbocycles. The van der Waals surface area contributed by atoms with Gasteiger partial charge in [0.2, 0.25) is 0 Å². The zero-order valence-electron chi connectivity index (χ0n) is 10.7. The van der Waals surface area contributed by atoms with Crippen LogP contribution >= 0.6 is 11.6 Å². The fourth-order valence-electron chi connectivity index (χ4n) is 2.37. The summed E-state index contributed by atoms with van der Waals surface area (Å²) in [6.07, 6.45) is 1.03. The molecule has 1 N–H and O–H groups in total. The smallest absolute Gasteiger partial charge is 0.257 e. The van der Waals surface area contributed by atoms with E-state index in [1.807, 2.05) is 0 Å². The maximum absolute atomic E-state index is 12.3. The Labute approximate surface area is 112 Å². The van der Waals surface area contributed by atoms with Gasteiger partial charge < -0.3 is 10.0 Å². The number of benzene rings is 1. The molecule has 0 radical (unpaired) electrons. The number of rotatable bonds is 2. The molecule has 98 valence electrons. The zero-order valence-corrected chi connectivity index (χ0v) is 11.4. The Balaban J connectivity index is 2.15. The lowest BCUT2D eigenvalue weighted by molar-refractivity contribution is 0.0781. The van der Waals surface area contributed by atoms with Crippen LogP contribution < -0.4 is 0 Å². The first kappa shape index (κ1) is 13.2. The zero-order chi connectivity index (χ0) is 13.3. The molecule has 3 nitrogen and oxygen atoms in total. The number of phenols is 1. The van der Waals surface area contributed by atoms with Crippen LogP contribution in [-0.4, -0.2) is 29.0 Å². The molecule has 1 unspecified atom stereocenters. The third-order valence-corrected chi connectivity index (χ3v) is 3.88. The summed E-state index contributed by atoms with van der Waals surface area (Å²) in [4.78, 5) is 14.1. The van der Waals surface area contributed by atoms with Gasteiger partial charge in [-0.1, -0.05) is 25.4 Å². The van der Waals surface area contributed by atoms with Crippen LogP contribution in [0.15, 0.2) is 18.2 Å². The molecule has 2 rings (SSSR count). The number of likely N-dealkylation sites (tertiary alicyclic amines) is 1. The number of carbonyl (C=O) groups excluding carboxylic acids is 1. The van der Waals surface area contributed by atoms with Crippen molar-refractivity contribution in [2.24, 2.45) is 11.8 Å². The quantitative estimate of drug-likeness (QED) is 0.894. The van der Waals surface area contributed by atoms with Crippen molar-refractivity contribution in [3.8, 4) is 5.75 Å². The molecule has 1 atom stereocenters. The molecule has 1 saturated heterocycles. The Bertz CT molecular complexity index is 459. The summed E-state index contributed by atoms with van der Waals surface area (Å²) in [7, 11) is 0. The van der Waals surface area contributed by atoms with E-state index in [2.05, 4.69) is 13.8 Å². The second-order valence-corrected chi connectivity index (χ2v) is 5.64. The van der Waals surface area contributed by atoms with Crippen LogP contribution in [-0.2, 0) is 0 Å². The third-order valence-electron chi connectivity index (χ3n) is 3.64. The van der Waals surface area contributed by atoms with Gasteiger partial charge in [0.15, 0.2) is 0 Å². The molecular formula is C14H18ClNO2. The van der Waals surface area contributed by atoms with Crippen molar-refractivity contribution < 1.29 is 9.90 Å². The van der Waals surface area contributed by atoms with Gasteiger partial charge in [0.1, 0.15) is 5.75 Å². The van der Waals surface area contributed by atoms with Crippen molar-refractivity contribution in [1.82, 2.24) is 4.90 Å². The van der Waals surface area contributed by atoms with Gasteiger partial charge in [-0.05, 0) is 36.5 Å². The number of halogens is 1. The van der Waals surface area contributed by atoms with Gasteiger partial charge in [-0.15, -0.1) is 0 Å². The molecule has 18 heavy (non-hydrogen) atoms. The molecule has 0 aliphatic carbocycles.